The fourth-order valence-electron chi connectivity index (χ4n) is 3.07. The van der Waals surface area contributed by atoms with Crippen molar-refractivity contribution in [2.75, 3.05) is 4.90 Å². The molecular formula is C22H17FN4O3S. The summed E-state index contributed by atoms with van der Waals surface area (Å²) in [5.74, 6) is -1.22. The Balaban J connectivity index is 1.72. The first-order chi connectivity index (χ1) is 15.1. The van der Waals surface area contributed by atoms with Crippen molar-refractivity contribution in [1.82, 2.24) is 14.9 Å². The van der Waals surface area contributed by atoms with E-state index in [9.17, 15) is 14.0 Å². The molecule has 9 heteroatoms. The van der Waals surface area contributed by atoms with Crippen molar-refractivity contribution in [3.05, 3.63) is 101 Å². The molecule has 0 spiro atoms. The third-order valence-corrected chi connectivity index (χ3v) is 5.04. The molecule has 0 radical (unpaired) electrons. The zero-order chi connectivity index (χ0) is 21.6. The lowest BCUT2D eigenvalue weighted by atomic mass is 10.1. The third kappa shape index (κ3) is 4.67. The molecule has 4 aromatic rings. The van der Waals surface area contributed by atoms with E-state index in [1.807, 2.05) is 30.3 Å². The van der Waals surface area contributed by atoms with Gasteiger partial charge in [-0.1, -0.05) is 34.8 Å². The molecule has 156 valence electrons. The average Bonchev–Trinajstić information content (AvgIpc) is 3.51. The Bertz CT molecular complexity index is 1130. The van der Waals surface area contributed by atoms with Crippen LogP contribution < -0.4 is 10.2 Å². The number of aromatic nitrogens is 2. The zero-order valence-electron chi connectivity index (χ0n) is 16.1. The van der Waals surface area contributed by atoms with Crippen LogP contribution in [0.15, 0.2) is 82.8 Å². The maximum Gasteiger partial charge on any atom is 0.280 e. The highest BCUT2D eigenvalue weighted by atomic mass is 32.1. The normalized spacial score (nSPS) is 11.6. The number of carbonyl (C=O) groups is 2. The smallest absolute Gasteiger partial charge is 0.280 e. The van der Waals surface area contributed by atoms with Crippen LogP contribution in [-0.4, -0.2) is 21.4 Å². The van der Waals surface area contributed by atoms with Crippen molar-refractivity contribution in [3.63, 3.8) is 0 Å². The highest BCUT2D eigenvalue weighted by molar-refractivity contribution is 7.03. The van der Waals surface area contributed by atoms with E-state index in [0.717, 1.165) is 17.1 Å². The number of carbonyl (C=O) groups excluding carboxylic acids is 2. The summed E-state index contributed by atoms with van der Waals surface area (Å²) in [6.07, 6.45) is 1.42. The Morgan fingerprint density at radius 1 is 1.06 bits per heavy atom. The van der Waals surface area contributed by atoms with E-state index in [1.54, 1.807) is 12.1 Å². The lowest BCUT2D eigenvalue weighted by molar-refractivity contribution is -0.123. The van der Waals surface area contributed by atoms with E-state index in [-0.39, 0.29) is 18.0 Å². The van der Waals surface area contributed by atoms with Crippen LogP contribution in [0.5, 0.6) is 0 Å². The van der Waals surface area contributed by atoms with Gasteiger partial charge in [-0.15, -0.1) is 5.10 Å². The first-order valence-electron chi connectivity index (χ1n) is 9.34. The van der Waals surface area contributed by atoms with Crippen molar-refractivity contribution in [3.8, 4) is 0 Å². The van der Waals surface area contributed by atoms with Gasteiger partial charge in [0.15, 0.2) is 11.7 Å². The number of furan rings is 1. The Labute approximate surface area is 181 Å². The van der Waals surface area contributed by atoms with Gasteiger partial charge in [-0.2, -0.15) is 0 Å². The van der Waals surface area contributed by atoms with E-state index < -0.39 is 23.7 Å². The van der Waals surface area contributed by atoms with Gasteiger partial charge in [0.25, 0.3) is 11.8 Å². The molecule has 0 bridgehead atoms. The van der Waals surface area contributed by atoms with Crippen LogP contribution >= 0.6 is 11.5 Å². The fourth-order valence-corrected chi connectivity index (χ4v) is 3.50. The van der Waals surface area contributed by atoms with E-state index in [4.69, 9.17) is 4.42 Å². The summed E-state index contributed by atoms with van der Waals surface area (Å²) in [7, 11) is 0. The highest BCUT2D eigenvalue weighted by Gasteiger charge is 2.36. The molecule has 0 aliphatic heterocycles. The van der Waals surface area contributed by atoms with Crippen molar-refractivity contribution in [2.24, 2.45) is 0 Å². The van der Waals surface area contributed by atoms with Crippen LogP contribution in [0.3, 0.4) is 0 Å². The minimum atomic E-state index is -1.14. The maximum atomic E-state index is 13.5. The molecule has 1 N–H and O–H groups in total. The molecule has 2 heterocycles. The summed E-state index contributed by atoms with van der Waals surface area (Å²) in [5.41, 5.74) is 1.29. The first kappa shape index (κ1) is 20.4. The van der Waals surface area contributed by atoms with Gasteiger partial charge in [0, 0.05) is 17.6 Å². The summed E-state index contributed by atoms with van der Waals surface area (Å²) in [5, 5.41) is 8.17. The number of anilines is 1. The minimum Gasteiger partial charge on any atom is -0.467 e. The topological polar surface area (TPSA) is 88.3 Å². The van der Waals surface area contributed by atoms with Crippen LogP contribution in [0.2, 0.25) is 0 Å². The summed E-state index contributed by atoms with van der Waals surface area (Å²) in [6, 6.07) is 16.8. The number of benzene rings is 2. The van der Waals surface area contributed by atoms with Crippen LogP contribution in [-0.2, 0) is 11.3 Å². The van der Waals surface area contributed by atoms with Crippen LogP contribution in [0.4, 0.5) is 10.1 Å². The van der Waals surface area contributed by atoms with Gasteiger partial charge in [-0.25, -0.2) is 4.39 Å². The zero-order valence-corrected chi connectivity index (χ0v) is 17.0. The van der Waals surface area contributed by atoms with E-state index >= 15 is 0 Å². The second-order valence-electron chi connectivity index (χ2n) is 6.56. The second-order valence-corrected chi connectivity index (χ2v) is 7.17. The molecule has 0 saturated heterocycles. The summed E-state index contributed by atoms with van der Waals surface area (Å²) >= 11 is 1.02. The monoisotopic (exact) mass is 436 g/mol. The minimum absolute atomic E-state index is 0.0711. The van der Waals surface area contributed by atoms with Gasteiger partial charge < -0.3 is 9.73 Å². The Morgan fingerprint density at radius 2 is 1.84 bits per heavy atom. The van der Waals surface area contributed by atoms with Gasteiger partial charge in [-0.05, 0) is 53.5 Å². The van der Waals surface area contributed by atoms with Crippen LogP contribution in [0.25, 0.3) is 0 Å². The molecule has 0 saturated carbocycles. The van der Waals surface area contributed by atoms with Gasteiger partial charge in [0.2, 0.25) is 0 Å². The summed E-state index contributed by atoms with van der Waals surface area (Å²) < 4.78 is 22.8. The predicted octanol–water partition coefficient (Wildman–Crippen LogP) is 3.97. The molecule has 0 aliphatic carbocycles. The predicted molar refractivity (Wildman–Crippen MR) is 113 cm³/mol. The van der Waals surface area contributed by atoms with Gasteiger partial charge in [0.1, 0.15) is 11.6 Å². The largest absolute Gasteiger partial charge is 0.467 e. The maximum absolute atomic E-state index is 13.5. The van der Waals surface area contributed by atoms with Gasteiger partial charge in [-0.3, -0.25) is 14.5 Å². The molecule has 2 aromatic carbocycles. The molecule has 2 amide bonds. The molecule has 1 atom stereocenters. The Kier molecular flexibility index (Phi) is 6.13. The SMILES string of the molecule is O=C(NCc1ccccc1)[C@H](c1ccco1)N(C(=O)c1csnn1)c1ccc(F)cc1. The number of nitrogens with zero attached hydrogens (tertiary/aromatic N) is 3. The van der Waals surface area contributed by atoms with Crippen molar-refractivity contribution in [1.29, 1.82) is 0 Å². The molecule has 2 aromatic heterocycles. The third-order valence-electron chi connectivity index (χ3n) is 4.53. The molecule has 0 fully saturated rings. The van der Waals surface area contributed by atoms with Gasteiger partial charge >= 0.3 is 0 Å². The quantitative estimate of drug-likeness (QED) is 0.474. The number of amides is 2. The van der Waals surface area contributed by atoms with Crippen molar-refractivity contribution in [2.45, 2.75) is 12.6 Å². The van der Waals surface area contributed by atoms with Crippen molar-refractivity contribution < 1.29 is 18.4 Å². The first-order valence-corrected chi connectivity index (χ1v) is 10.2. The number of hydrogen-bond donors (Lipinski definition) is 1. The average molecular weight is 436 g/mol. The molecule has 7 nitrogen and oxygen atoms in total. The number of halogens is 1. The second kappa shape index (κ2) is 9.31. The fraction of sp³-hybridized carbons (Fsp3) is 0.0909. The molecule has 0 unspecified atom stereocenters. The molecule has 0 aliphatic rings. The van der Waals surface area contributed by atoms with Crippen molar-refractivity contribution >= 4 is 29.0 Å². The molecule has 4 rings (SSSR count). The Morgan fingerprint density at radius 3 is 2.48 bits per heavy atom. The van der Waals surface area contributed by atoms with E-state index in [0.29, 0.717) is 5.69 Å². The summed E-state index contributed by atoms with van der Waals surface area (Å²) in [4.78, 5) is 27.9. The van der Waals surface area contributed by atoms with Crippen LogP contribution in [0, 0.1) is 5.82 Å². The molecule has 31 heavy (non-hydrogen) atoms. The van der Waals surface area contributed by atoms with E-state index in [1.165, 1.54) is 40.8 Å². The molecular weight excluding hydrogens is 419 g/mol. The number of hydrogen-bond acceptors (Lipinski definition) is 6. The van der Waals surface area contributed by atoms with E-state index in [2.05, 4.69) is 14.9 Å². The van der Waals surface area contributed by atoms with Crippen LogP contribution in [0.1, 0.15) is 27.9 Å². The number of nitrogens with one attached hydrogen (secondary N) is 1. The standard InChI is InChI=1S/C22H17FN4O3S/c23-16-8-10-17(11-9-16)27(22(29)18-14-31-26-25-18)20(19-7-4-12-30-19)21(28)24-13-15-5-2-1-3-6-15/h1-12,14,20H,13H2,(H,24,28)/t20-/m0/s1. The lowest BCUT2D eigenvalue weighted by Crippen LogP contribution is -2.44. The van der Waals surface area contributed by atoms with Gasteiger partial charge in [0.05, 0.1) is 6.26 Å². The summed E-state index contributed by atoms with van der Waals surface area (Å²) in [6.45, 7) is 0.264. The highest BCUT2D eigenvalue weighted by Crippen LogP contribution is 2.30. The Hall–Kier alpha value is -3.85. The lowest BCUT2D eigenvalue weighted by Gasteiger charge is -2.29. The number of rotatable bonds is 7.